The van der Waals surface area contributed by atoms with E-state index in [1.54, 1.807) is 0 Å². The molecule has 0 aromatic carbocycles. The van der Waals surface area contributed by atoms with Crippen molar-refractivity contribution in [1.82, 2.24) is 5.32 Å². The molecule has 1 heterocycles. The lowest BCUT2D eigenvalue weighted by Crippen LogP contribution is -2.32. The van der Waals surface area contributed by atoms with Gasteiger partial charge in [0.2, 0.25) is 0 Å². The summed E-state index contributed by atoms with van der Waals surface area (Å²) < 4.78 is 5.60. The van der Waals surface area contributed by atoms with E-state index >= 15 is 0 Å². The molecule has 0 aliphatic carbocycles. The van der Waals surface area contributed by atoms with Gasteiger partial charge in [-0.05, 0) is 56.7 Å². The molecule has 1 rings (SSSR count). The van der Waals surface area contributed by atoms with Crippen LogP contribution in [0.4, 0.5) is 0 Å². The van der Waals surface area contributed by atoms with E-state index in [-0.39, 0.29) is 0 Å². The summed E-state index contributed by atoms with van der Waals surface area (Å²) >= 11 is 0. The van der Waals surface area contributed by atoms with Gasteiger partial charge in [0.05, 0.1) is 6.10 Å². The molecular formula is C14H30N2O. The Balaban J connectivity index is 2.06. The molecule has 102 valence electrons. The Morgan fingerprint density at radius 3 is 2.71 bits per heavy atom. The fourth-order valence-corrected chi connectivity index (χ4v) is 2.55. The number of hydrogen-bond acceptors (Lipinski definition) is 3. The number of hydrogen-bond donors (Lipinski definition) is 2. The summed E-state index contributed by atoms with van der Waals surface area (Å²) in [6, 6.07) is 0. The number of ether oxygens (including phenoxy) is 1. The summed E-state index contributed by atoms with van der Waals surface area (Å²) in [5.41, 5.74) is 6.19. The van der Waals surface area contributed by atoms with Crippen molar-refractivity contribution in [1.29, 1.82) is 0 Å². The van der Waals surface area contributed by atoms with Crippen molar-refractivity contribution in [3.05, 3.63) is 0 Å². The molecule has 0 amide bonds. The van der Waals surface area contributed by atoms with E-state index in [1.165, 1.54) is 19.3 Å². The van der Waals surface area contributed by atoms with E-state index in [9.17, 15) is 0 Å². The summed E-state index contributed by atoms with van der Waals surface area (Å²) in [6.45, 7) is 10.7. The van der Waals surface area contributed by atoms with Crippen molar-refractivity contribution < 1.29 is 4.74 Å². The zero-order valence-electron chi connectivity index (χ0n) is 11.8. The molecule has 0 bridgehead atoms. The number of nitrogens with one attached hydrogen (secondary N) is 1. The van der Waals surface area contributed by atoms with Crippen LogP contribution in [0, 0.1) is 11.3 Å². The van der Waals surface area contributed by atoms with Gasteiger partial charge in [0.25, 0.3) is 0 Å². The van der Waals surface area contributed by atoms with Crippen molar-refractivity contribution >= 4 is 0 Å². The minimum Gasteiger partial charge on any atom is -0.378 e. The van der Waals surface area contributed by atoms with Crippen LogP contribution in [0.5, 0.6) is 0 Å². The highest BCUT2D eigenvalue weighted by molar-refractivity contribution is 4.73. The molecule has 0 aromatic rings. The normalized spacial score (nSPS) is 22.9. The molecule has 1 aliphatic heterocycles. The van der Waals surface area contributed by atoms with Gasteiger partial charge < -0.3 is 15.8 Å². The summed E-state index contributed by atoms with van der Waals surface area (Å²) in [4.78, 5) is 0. The highest BCUT2D eigenvalue weighted by Gasteiger charge is 2.18. The molecule has 1 aliphatic rings. The van der Waals surface area contributed by atoms with Gasteiger partial charge in [0.1, 0.15) is 0 Å². The number of rotatable bonds is 7. The maximum Gasteiger partial charge on any atom is 0.0588 e. The molecule has 0 saturated carbocycles. The summed E-state index contributed by atoms with van der Waals surface area (Å²) in [5.74, 6) is 0.597. The topological polar surface area (TPSA) is 47.3 Å². The van der Waals surface area contributed by atoms with Gasteiger partial charge >= 0.3 is 0 Å². The second kappa shape index (κ2) is 7.34. The lowest BCUT2D eigenvalue weighted by molar-refractivity contribution is 0.104. The first-order valence-corrected chi connectivity index (χ1v) is 7.03. The van der Waals surface area contributed by atoms with E-state index in [2.05, 4.69) is 26.1 Å². The zero-order valence-corrected chi connectivity index (χ0v) is 11.8. The van der Waals surface area contributed by atoms with Crippen molar-refractivity contribution in [2.75, 3.05) is 26.2 Å². The quantitative estimate of drug-likeness (QED) is 0.673. The molecule has 3 heteroatoms. The van der Waals surface area contributed by atoms with Crippen LogP contribution in [0.25, 0.3) is 0 Å². The van der Waals surface area contributed by atoms with Gasteiger partial charge in [0.15, 0.2) is 0 Å². The molecule has 0 radical (unpaired) electrons. The van der Waals surface area contributed by atoms with E-state index in [0.717, 1.165) is 32.7 Å². The monoisotopic (exact) mass is 242 g/mol. The maximum atomic E-state index is 5.82. The molecule has 3 N–H and O–H groups in total. The Bertz CT molecular complexity index is 195. The van der Waals surface area contributed by atoms with E-state index in [0.29, 0.717) is 17.4 Å². The van der Waals surface area contributed by atoms with Gasteiger partial charge in [-0.1, -0.05) is 20.8 Å². The zero-order chi connectivity index (χ0) is 12.7. The second-order valence-corrected chi connectivity index (χ2v) is 6.49. The van der Waals surface area contributed by atoms with Crippen LogP contribution in [0.15, 0.2) is 0 Å². The minimum absolute atomic E-state index is 0.375. The van der Waals surface area contributed by atoms with Crippen molar-refractivity contribution in [3.8, 4) is 0 Å². The number of nitrogens with two attached hydrogens (primary N) is 1. The second-order valence-electron chi connectivity index (χ2n) is 6.49. The lowest BCUT2D eigenvalue weighted by Gasteiger charge is -2.25. The fraction of sp³-hybridized carbons (Fsp3) is 1.00. The maximum absolute atomic E-state index is 5.82. The summed E-state index contributed by atoms with van der Waals surface area (Å²) in [7, 11) is 0. The molecule has 2 unspecified atom stereocenters. The molecule has 2 atom stereocenters. The third kappa shape index (κ3) is 7.02. The Morgan fingerprint density at radius 2 is 2.18 bits per heavy atom. The molecule has 1 saturated heterocycles. The molecule has 0 aromatic heterocycles. The van der Waals surface area contributed by atoms with Gasteiger partial charge in [-0.3, -0.25) is 0 Å². The van der Waals surface area contributed by atoms with Gasteiger partial charge in [-0.2, -0.15) is 0 Å². The van der Waals surface area contributed by atoms with Crippen LogP contribution in [0.1, 0.15) is 46.5 Å². The smallest absolute Gasteiger partial charge is 0.0588 e. The van der Waals surface area contributed by atoms with E-state index < -0.39 is 0 Å². The van der Waals surface area contributed by atoms with Crippen molar-refractivity contribution in [3.63, 3.8) is 0 Å². The average molecular weight is 242 g/mol. The first kappa shape index (κ1) is 14.9. The van der Waals surface area contributed by atoms with E-state index in [1.807, 2.05) is 0 Å². The average Bonchev–Trinajstić information content (AvgIpc) is 2.73. The highest BCUT2D eigenvalue weighted by atomic mass is 16.5. The molecule has 0 spiro atoms. The van der Waals surface area contributed by atoms with Crippen molar-refractivity contribution in [2.45, 2.75) is 52.6 Å². The third-order valence-electron chi connectivity index (χ3n) is 3.33. The van der Waals surface area contributed by atoms with Crippen LogP contribution in [0.2, 0.25) is 0 Å². The van der Waals surface area contributed by atoms with Gasteiger partial charge in [-0.15, -0.1) is 0 Å². The highest BCUT2D eigenvalue weighted by Crippen LogP contribution is 2.23. The molecule has 17 heavy (non-hydrogen) atoms. The Kier molecular flexibility index (Phi) is 6.45. The summed E-state index contributed by atoms with van der Waals surface area (Å²) in [5, 5.41) is 3.53. The minimum atomic E-state index is 0.375. The van der Waals surface area contributed by atoms with Crippen LogP contribution in [-0.2, 0) is 4.74 Å². The van der Waals surface area contributed by atoms with E-state index in [4.69, 9.17) is 10.5 Å². The Labute approximate surface area is 106 Å². The van der Waals surface area contributed by atoms with Crippen LogP contribution >= 0.6 is 0 Å². The lowest BCUT2D eigenvalue weighted by atomic mass is 9.84. The Hall–Kier alpha value is -0.120. The van der Waals surface area contributed by atoms with Crippen molar-refractivity contribution in [2.24, 2.45) is 17.1 Å². The predicted molar refractivity (Wildman–Crippen MR) is 73.1 cm³/mol. The Morgan fingerprint density at radius 1 is 1.41 bits per heavy atom. The summed E-state index contributed by atoms with van der Waals surface area (Å²) in [6.07, 6.45) is 5.31. The fourth-order valence-electron chi connectivity index (χ4n) is 2.55. The van der Waals surface area contributed by atoms with Gasteiger partial charge in [0, 0.05) is 6.61 Å². The first-order chi connectivity index (χ1) is 8.01. The predicted octanol–water partition coefficient (Wildman–Crippen LogP) is 2.16. The van der Waals surface area contributed by atoms with Gasteiger partial charge in [-0.25, -0.2) is 0 Å². The van der Waals surface area contributed by atoms with Crippen LogP contribution in [-0.4, -0.2) is 32.3 Å². The standard InChI is InChI=1S/C14H30N2O/c1-14(2,3)9-12(10-15)11-16-7-6-13-5-4-8-17-13/h12-13,16H,4-11,15H2,1-3H3. The molecule has 3 nitrogen and oxygen atoms in total. The largest absolute Gasteiger partial charge is 0.378 e. The molecular weight excluding hydrogens is 212 g/mol. The third-order valence-corrected chi connectivity index (χ3v) is 3.33. The SMILES string of the molecule is CC(C)(C)CC(CN)CNCCC1CCCO1. The molecule has 1 fully saturated rings. The van der Waals surface area contributed by atoms with Crippen LogP contribution in [0.3, 0.4) is 0 Å². The first-order valence-electron chi connectivity index (χ1n) is 7.03. The van der Waals surface area contributed by atoms with Crippen LogP contribution < -0.4 is 11.1 Å².